The third kappa shape index (κ3) is 3.82. The summed E-state index contributed by atoms with van der Waals surface area (Å²) in [6.07, 6.45) is 0.382. The molecule has 0 radical (unpaired) electrons. The molecular formula is C21H23N3O2. The molecule has 0 fully saturated rings. The minimum atomic E-state index is -0.277. The minimum absolute atomic E-state index is 0.00277. The molecule has 0 saturated carbocycles. The third-order valence-corrected chi connectivity index (χ3v) is 4.58. The number of Topliss-reactive ketones (excluding diaryl/α,β-unsaturated/α-hetero) is 1. The second kappa shape index (κ2) is 7.52. The molecule has 0 unspecified atom stereocenters. The minimum Gasteiger partial charge on any atom is -0.298 e. The predicted molar refractivity (Wildman–Crippen MR) is 102 cm³/mol. The number of aryl methyl sites for hydroxylation is 1. The van der Waals surface area contributed by atoms with Gasteiger partial charge in [-0.25, -0.2) is 9.48 Å². The van der Waals surface area contributed by atoms with Gasteiger partial charge in [0.2, 0.25) is 0 Å². The number of rotatable bonds is 6. The molecule has 0 aliphatic heterocycles. The molecule has 0 amide bonds. The molecule has 0 aliphatic rings. The highest BCUT2D eigenvalue weighted by molar-refractivity contribution is 5.79. The van der Waals surface area contributed by atoms with Crippen LogP contribution in [-0.2, 0) is 18.4 Å². The first kappa shape index (κ1) is 17.9. The molecule has 3 aromatic rings. The summed E-state index contributed by atoms with van der Waals surface area (Å²) in [7, 11) is 1.68. The van der Waals surface area contributed by atoms with Gasteiger partial charge in [0.05, 0.1) is 0 Å². The first-order valence-corrected chi connectivity index (χ1v) is 8.73. The molecule has 26 heavy (non-hydrogen) atoms. The Balaban J connectivity index is 1.76. The summed E-state index contributed by atoms with van der Waals surface area (Å²) in [5, 5.41) is 4.38. The van der Waals surface area contributed by atoms with Crippen LogP contribution in [0, 0.1) is 6.92 Å². The van der Waals surface area contributed by atoms with Crippen molar-refractivity contribution in [1.82, 2.24) is 14.3 Å². The highest BCUT2D eigenvalue weighted by atomic mass is 16.2. The van der Waals surface area contributed by atoms with E-state index in [9.17, 15) is 9.59 Å². The van der Waals surface area contributed by atoms with Gasteiger partial charge in [0.1, 0.15) is 6.54 Å². The number of hydrogen-bond acceptors (Lipinski definition) is 3. The molecule has 1 aromatic heterocycles. The second-order valence-corrected chi connectivity index (χ2v) is 6.74. The summed E-state index contributed by atoms with van der Waals surface area (Å²) in [5.74, 6) is 0.676. The van der Waals surface area contributed by atoms with Crippen molar-refractivity contribution < 1.29 is 4.79 Å². The van der Waals surface area contributed by atoms with Crippen LogP contribution in [0.4, 0.5) is 0 Å². The summed E-state index contributed by atoms with van der Waals surface area (Å²) in [6, 6.07) is 17.7. The standard InChI is InChI=1S/C21H23N3O2/c1-15-9-11-18(12-10-15)20-22-24(21(26)23(20)3)14-19(25)13-16(2)17-7-5-4-6-8-17/h4-12,16H,13-14H2,1-3H3/t16-/m1/s1. The molecule has 0 bridgehead atoms. The van der Waals surface area contributed by atoms with E-state index in [1.807, 2.05) is 68.4 Å². The lowest BCUT2D eigenvalue weighted by Crippen LogP contribution is -2.26. The molecular weight excluding hydrogens is 326 g/mol. The largest absolute Gasteiger partial charge is 0.346 e. The smallest absolute Gasteiger partial charge is 0.298 e. The van der Waals surface area contributed by atoms with Gasteiger partial charge in [0.15, 0.2) is 11.6 Å². The summed E-state index contributed by atoms with van der Waals surface area (Å²) < 4.78 is 2.74. The van der Waals surface area contributed by atoms with E-state index < -0.39 is 0 Å². The topological polar surface area (TPSA) is 56.9 Å². The molecule has 5 heteroatoms. The van der Waals surface area contributed by atoms with E-state index in [-0.39, 0.29) is 23.9 Å². The van der Waals surface area contributed by atoms with Crippen molar-refractivity contribution in [3.63, 3.8) is 0 Å². The van der Waals surface area contributed by atoms with Crippen LogP contribution < -0.4 is 5.69 Å². The van der Waals surface area contributed by atoms with E-state index in [4.69, 9.17) is 0 Å². The molecule has 1 atom stereocenters. The van der Waals surface area contributed by atoms with Crippen molar-refractivity contribution in [3.05, 3.63) is 76.2 Å². The van der Waals surface area contributed by atoms with Crippen molar-refractivity contribution in [3.8, 4) is 11.4 Å². The van der Waals surface area contributed by atoms with Crippen LogP contribution in [0.25, 0.3) is 11.4 Å². The predicted octanol–water partition coefficient (Wildman–Crippen LogP) is 3.32. The molecule has 0 aliphatic carbocycles. The van der Waals surface area contributed by atoms with E-state index in [0.717, 1.165) is 16.7 Å². The highest BCUT2D eigenvalue weighted by Crippen LogP contribution is 2.19. The maximum Gasteiger partial charge on any atom is 0.346 e. The maximum absolute atomic E-state index is 12.4. The monoisotopic (exact) mass is 349 g/mol. The molecule has 3 rings (SSSR count). The quantitative estimate of drug-likeness (QED) is 0.686. The number of benzene rings is 2. The van der Waals surface area contributed by atoms with Crippen LogP contribution in [0.3, 0.4) is 0 Å². The Labute approximate surface area is 152 Å². The number of aromatic nitrogens is 3. The van der Waals surface area contributed by atoms with Crippen LogP contribution in [-0.4, -0.2) is 20.1 Å². The Hall–Kier alpha value is -2.95. The lowest BCUT2D eigenvalue weighted by atomic mass is 9.96. The maximum atomic E-state index is 12.4. The first-order chi connectivity index (χ1) is 12.5. The zero-order valence-corrected chi connectivity index (χ0v) is 15.3. The lowest BCUT2D eigenvalue weighted by Gasteiger charge is -2.10. The summed E-state index contributed by atoms with van der Waals surface area (Å²) in [5.41, 5.74) is 2.85. The molecule has 0 N–H and O–H groups in total. The highest BCUT2D eigenvalue weighted by Gasteiger charge is 2.16. The zero-order chi connectivity index (χ0) is 18.7. The van der Waals surface area contributed by atoms with E-state index in [2.05, 4.69) is 5.10 Å². The number of hydrogen-bond donors (Lipinski definition) is 0. The average molecular weight is 349 g/mol. The van der Waals surface area contributed by atoms with Gasteiger partial charge in [-0.15, -0.1) is 5.10 Å². The van der Waals surface area contributed by atoms with Gasteiger partial charge in [-0.1, -0.05) is 67.1 Å². The molecule has 5 nitrogen and oxygen atoms in total. The zero-order valence-electron chi connectivity index (χ0n) is 15.3. The third-order valence-electron chi connectivity index (χ3n) is 4.58. The summed E-state index contributed by atoms with van der Waals surface area (Å²) in [4.78, 5) is 24.9. The van der Waals surface area contributed by atoms with E-state index in [1.165, 1.54) is 9.25 Å². The molecule has 1 heterocycles. The van der Waals surface area contributed by atoms with Gasteiger partial charge < -0.3 is 0 Å². The van der Waals surface area contributed by atoms with Crippen molar-refractivity contribution >= 4 is 5.78 Å². The van der Waals surface area contributed by atoms with Gasteiger partial charge in [-0.2, -0.15) is 0 Å². The van der Waals surface area contributed by atoms with Crippen LogP contribution in [0.5, 0.6) is 0 Å². The van der Waals surface area contributed by atoms with Crippen molar-refractivity contribution in [2.45, 2.75) is 32.7 Å². The first-order valence-electron chi connectivity index (χ1n) is 8.73. The molecule has 0 spiro atoms. The Morgan fingerprint density at radius 2 is 1.73 bits per heavy atom. The van der Waals surface area contributed by atoms with Crippen molar-refractivity contribution in [1.29, 1.82) is 0 Å². The molecule has 0 saturated heterocycles. The van der Waals surface area contributed by atoms with Gasteiger partial charge in [0, 0.05) is 19.0 Å². The fraction of sp³-hybridized carbons (Fsp3) is 0.286. The summed E-state index contributed by atoms with van der Waals surface area (Å²) >= 11 is 0. The van der Waals surface area contributed by atoms with Gasteiger partial charge in [-0.3, -0.25) is 9.36 Å². The van der Waals surface area contributed by atoms with Gasteiger partial charge >= 0.3 is 5.69 Å². The van der Waals surface area contributed by atoms with Gasteiger partial charge in [0.25, 0.3) is 0 Å². The van der Waals surface area contributed by atoms with E-state index in [1.54, 1.807) is 7.05 Å². The fourth-order valence-corrected chi connectivity index (χ4v) is 3.02. The SMILES string of the molecule is Cc1ccc(-c2nn(CC(=O)C[C@@H](C)c3ccccc3)c(=O)n2C)cc1. The number of nitrogens with zero attached hydrogens (tertiary/aromatic N) is 3. The Bertz CT molecular complexity index is 953. The normalized spacial score (nSPS) is 12.1. The van der Waals surface area contributed by atoms with E-state index in [0.29, 0.717) is 12.2 Å². The number of carbonyl (C=O) groups excluding carboxylic acids is 1. The average Bonchev–Trinajstić information content (AvgIpc) is 2.91. The lowest BCUT2D eigenvalue weighted by molar-refractivity contribution is -0.120. The Morgan fingerprint density at radius 3 is 2.38 bits per heavy atom. The second-order valence-electron chi connectivity index (χ2n) is 6.74. The van der Waals surface area contributed by atoms with Crippen molar-refractivity contribution in [2.24, 2.45) is 7.05 Å². The Kier molecular flexibility index (Phi) is 5.16. The van der Waals surface area contributed by atoms with Crippen LogP contribution in [0.15, 0.2) is 59.4 Å². The Morgan fingerprint density at radius 1 is 1.08 bits per heavy atom. The fourth-order valence-electron chi connectivity index (χ4n) is 3.02. The van der Waals surface area contributed by atoms with Crippen LogP contribution >= 0.6 is 0 Å². The van der Waals surface area contributed by atoms with Gasteiger partial charge in [-0.05, 0) is 18.4 Å². The van der Waals surface area contributed by atoms with Crippen LogP contribution in [0.2, 0.25) is 0 Å². The number of ketones is 1. The summed E-state index contributed by atoms with van der Waals surface area (Å²) in [6.45, 7) is 4.02. The van der Waals surface area contributed by atoms with Crippen molar-refractivity contribution in [2.75, 3.05) is 0 Å². The van der Waals surface area contributed by atoms with Crippen LogP contribution in [0.1, 0.15) is 30.4 Å². The molecule has 2 aromatic carbocycles. The number of carbonyl (C=O) groups is 1. The molecule has 134 valence electrons. The van der Waals surface area contributed by atoms with E-state index >= 15 is 0 Å².